The fraction of sp³-hybridized carbons (Fsp3) is 0.429. The number of anilines is 2. The molecule has 0 spiro atoms. The van der Waals surface area contributed by atoms with Crippen LogP contribution in [0.4, 0.5) is 20.2 Å². The third-order valence-corrected chi connectivity index (χ3v) is 6.97. The Hall–Kier alpha value is -1.79. The molecule has 2 aromatic carbocycles. The normalized spacial score (nSPS) is 23.6. The fourth-order valence-corrected chi connectivity index (χ4v) is 5.66. The van der Waals surface area contributed by atoms with Crippen LogP contribution < -0.4 is 15.5 Å². The van der Waals surface area contributed by atoms with Crippen molar-refractivity contribution in [2.24, 2.45) is 0 Å². The summed E-state index contributed by atoms with van der Waals surface area (Å²) in [6.45, 7) is 3.59. The highest BCUT2D eigenvalue weighted by Crippen LogP contribution is 2.48. The second-order valence-electron chi connectivity index (χ2n) is 7.58. The molecule has 3 heterocycles. The minimum Gasteiger partial charge on any atom is -0.381 e. The molecule has 2 N–H and O–H groups in total. The Morgan fingerprint density at radius 2 is 2.15 bits per heavy atom. The van der Waals surface area contributed by atoms with E-state index in [-0.39, 0.29) is 0 Å². The van der Waals surface area contributed by atoms with Gasteiger partial charge >= 0.3 is 0 Å². The molecule has 0 amide bonds. The van der Waals surface area contributed by atoms with Crippen molar-refractivity contribution in [2.45, 2.75) is 30.7 Å². The van der Waals surface area contributed by atoms with E-state index in [9.17, 15) is 8.78 Å². The molecule has 1 saturated heterocycles. The lowest BCUT2D eigenvalue weighted by Crippen LogP contribution is -2.44. The van der Waals surface area contributed by atoms with Gasteiger partial charge in [0.1, 0.15) is 11.6 Å². The van der Waals surface area contributed by atoms with Crippen molar-refractivity contribution in [1.82, 2.24) is 5.32 Å². The van der Waals surface area contributed by atoms with Crippen LogP contribution in [0.15, 0.2) is 30.3 Å². The maximum Gasteiger partial charge on any atom is 0.131 e. The molecule has 5 rings (SSSR count). The van der Waals surface area contributed by atoms with Gasteiger partial charge in [0.25, 0.3) is 0 Å². The van der Waals surface area contributed by atoms with Crippen LogP contribution in [-0.4, -0.2) is 31.4 Å². The van der Waals surface area contributed by atoms with Crippen LogP contribution in [0.3, 0.4) is 0 Å². The second kappa shape index (κ2) is 6.99. The summed E-state index contributed by atoms with van der Waals surface area (Å²) in [7, 11) is 0. The van der Waals surface area contributed by atoms with Crippen molar-refractivity contribution in [3.63, 3.8) is 0 Å². The first-order valence-electron chi connectivity index (χ1n) is 9.60. The van der Waals surface area contributed by atoms with Crippen LogP contribution in [-0.2, 0) is 12.3 Å². The Morgan fingerprint density at radius 3 is 3.04 bits per heavy atom. The average Bonchev–Trinajstić information content (AvgIpc) is 2.83. The zero-order valence-corrected chi connectivity index (χ0v) is 15.9. The highest BCUT2D eigenvalue weighted by Gasteiger charge is 2.41. The monoisotopic (exact) mass is 387 g/mol. The van der Waals surface area contributed by atoms with Crippen LogP contribution in [0, 0.1) is 11.6 Å². The largest absolute Gasteiger partial charge is 0.381 e. The first kappa shape index (κ1) is 17.3. The number of hydrogen-bond acceptors (Lipinski definition) is 4. The maximum absolute atomic E-state index is 14.0. The Bertz CT molecular complexity index is 873. The zero-order chi connectivity index (χ0) is 18.4. The Morgan fingerprint density at radius 1 is 1.22 bits per heavy atom. The topological polar surface area (TPSA) is 27.3 Å². The SMILES string of the molecule is Fc1ccc(CNc2cc3c4c(c2)[C@@H]2CNCC[C@@H]2N4CCSC3)c(F)c1. The second-order valence-corrected chi connectivity index (χ2v) is 8.68. The van der Waals surface area contributed by atoms with Crippen molar-refractivity contribution in [1.29, 1.82) is 0 Å². The van der Waals surface area contributed by atoms with Crippen molar-refractivity contribution in [3.05, 3.63) is 58.7 Å². The summed E-state index contributed by atoms with van der Waals surface area (Å²) in [5.74, 6) is 1.67. The summed E-state index contributed by atoms with van der Waals surface area (Å²) < 4.78 is 27.1. The standard InChI is InChI=1S/C21H23F2N3S/c22-15-2-1-13(19(23)8-15)10-25-16-7-14-12-27-6-5-26-20-3-4-24-11-18(20)17(9-16)21(14)26/h1-2,7-9,18,20,24-25H,3-6,10-12H2/t18-,20-/m0/s1. The van der Waals surface area contributed by atoms with Crippen molar-refractivity contribution >= 4 is 23.1 Å². The number of halogens is 2. The summed E-state index contributed by atoms with van der Waals surface area (Å²) >= 11 is 1.98. The molecule has 2 atom stereocenters. The third kappa shape index (κ3) is 3.09. The van der Waals surface area contributed by atoms with Crippen LogP contribution in [0.25, 0.3) is 0 Å². The van der Waals surface area contributed by atoms with E-state index >= 15 is 0 Å². The van der Waals surface area contributed by atoms with E-state index in [0.29, 0.717) is 24.1 Å². The lowest BCUT2D eigenvalue weighted by Gasteiger charge is -2.33. The first-order chi connectivity index (χ1) is 13.2. The molecule has 0 radical (unpaired) electrons. The minimum absolute atomic E-state index is 0.355. The highest BCUT2D eigenvalue weighted by molar-refractivity contribution is 7.98. The molecule has 0 unspecified atom stereocenters. The van der Waals surface area contributed by atoms with E-state index < -0.39 is 11.6 Å². The molecule has 0 bridgehead atoms. The number of nitrogens with one attached hydrogen (secondary N) is 2. The predicted octanol–water partition coefficient (Wildman–Crippen LogP) is 4.09. The van der Waals surface area contributed by atoms with E-state index in [1.165, 1.54) is 35.4 Å². The first-order valence-corrected chi connectivity index (χ1v) is 10.8. The van der Waals surface area contributed by atoms with Gasteiger partial charge in [0.05, 0.1) is 0 Å². The van der Waals surface area contributed by atoms with Gasteiger partial charge in [0.15, 0.2) is 0 Å². The summed E-state index contributed by atoms with van der Waals surface area (Å²) in [6.07, 6.45) is 1.19. The average molecular weight is 387 g/mol. The molecule has 0 aromatic heterocycles. The third-order valence-electron chi connectivity index (χ3n) is 5.98. The van der Waals surface area contributed by atoms with Gasteiger partial charge in [-0.25, -0.2) is 8.78 Å². The van der Waals surface area contributed by atoms with Crippen molar-refractivity contribution in [2.75, 3.05) is 35.6 Å². The number of nitrogens with zero attached hydrogens (tertiary/aromatic N) is 1. The Balaban J connectivity index is 1.46. The number of piperidine rings is 1. The molecule has 2 aromatic rings. The summed E-state index contributed by atoms with van der Waals surface area (Å²) in [6, 6.07) is 8.84. The molecular weight excluding hydrogens is 364 g/mol. The lowest BCUT2D eigenvalue weighted by molar-refractivity contribution is 0.406. The minimum atomic E-state index is -0.539. The zero-order valence-electron chi connectivity index (χ0n) is 15.1. The van der Waals surface area contributed by atoms with E-state index in [0.717, 1.165) is 42.9 Å². The van der Waals surface area contributed by atoms with E-state index in [2.05, 4.69) is 27.7 Å². The Labute approximate surface area is 162 Å². The highest BCUT2D eigenvalue weighted by atomic mass is 32.2. The number of benzene rings is 2. The number of thioether (sulfide) groups is 1. The van der Waals surface area contributed by atoms with Gasteiger partial charge in [0.2, 0.25) is 0 Å². The number of rotatable bonds is 3. The quantitative estimate of drug-likeness (QED) is 0.830. The van der Waals surface area contributed by atoms with Crippen molar-refractivity contribution in [3.8, 4) is 0 Å². The van der Waals surface area contributed by atoms with E-state index in [1.54, 1.807) is 0 Å². The van der Waals surface area contributed by atoms with E-state index in [1.807, 2.05) is 11.8 Å². The molecule has 6 heteroatoms. The Kier molecular flexibility index (Phi) is 4.48. The van der Waals surface area contributed by atoms with Crippen molar-refractivity contribution < 1.29 is 8.78 Å². The van der Waals surface area contributed by atoms with Gasteiger partial charge in [-0.15, -0.1) is 0 Å². The smallest absolute Gasteiger partial charge is 0.131 e. The van der Waals surface area contributed by atoms with Gasteiger partial charge in [0, 0.05) is 66.1 Å². The summed E-state index contributed by atoms with van der Waals surface area (Å²) in [4.78, 5) is 2.64. The van der Waals surface area contributed by atoms with Gasteiger partial charge in [-0.05, 0) is 42.3 Å². The van der Waals surface area contributed by atoms with Crippen LogP contribution in [0.2, 0.25) is 0 Å². The summed E-state index contributed by atoms with van der Waals surface area (Å²) in [5, 5.41) is 6.92. The van der Waals surface area contributed by atoms with E-state index in [4.69, 9.17) is 0 Å². The van der Waals surface area contributed by atoms with Crippen LogP contribution >= 0.6 is 11.8 Å². The predicted molar refractivity (Wildman–Crippen MR) is 108 cm³/mol. The molecule has 142 valence electrons. The van der Waals surface area contributed by atoms with Gasteiger partial charge < -0.3 is 15.5 Å². The van der Waals surface area contributed by atoms with Gasteiger partial charge in [-0.2, -0.15) is 11.8 Å². The molecule has 0 aliphatic carbocycles. The maximum atomic E-state index is 14.0. The molecule has 27 heavy (non-hydrogen) atoms. The lowest BCUT2D eigenvalue weighted by atomic mass is 9.89. The van der Waals surface area contributed by atoms with Gasteiger partial charge in [-0.1, -0.05) is 6.07 Å². The number of fused-ring (bicyclic) bond motifs is 3. The van der Waals surface area contributed by atoms with Gasteiger partial charge in [-0.3, -0.25) is 0 Å². The molecule has 3 aliphatic heterocycles. The summed E-state index contributed by atoms with van der Waals surface area (Å²) in [5.41, 5.74) is 5.76. The fourth-order valence-electron chi connectivity index (χ4n) is 4.75. The molecule has 0 saturated carbocycles. The van der Waals surface area contributed by atoms with Crippen LogP contribution in [0.1, 0.15) is 29.0 Å². The molecule has 3 aliphatic rings. The van der Waals surface area contributed by atoms with Crippen LogP contribution in [0.5, 0.6) is 0 Å². The molecule has 3 nitrogen and oxygen atoms in total. The molecule has 1 fully saturated rings. The number of hydrogen-bond donors (Lipinski definition) is 2. The molecular formula is C21H23F2N3S.